The summed E-state index contributed by atoms with van der Waals surface area (Å²) in [6.07, 6.45) is 2.92. The molecule has 0 radical (unpaired) electrons. The number of carboxylic acid groups (broad SMARTS) is 1. The van der Waals surface area contributed by atoms with Crippen molar-refractivity contribution in [2.75, 3.05) is 18.1 Å². The first-order valence-corrected chi connectivity index (χ1v) is 5.66. The average molecular weight is 237 g/mol. The maximum absolute atomic E-state index is 11.1. The van der Waals surface area contributed by atoms with Crippen LogP contribution in [-0.2, 0) is 4.79 Å². The Morgan fingerprint density at radius 1 is 1.65 bits per heavy atom. The highest BCUT2D eigenvalue weighted by Gasteiger charge is 2.31. The summed E-state index contributed by atoms with van der Waals surface area (Å²) in [6, 6.07) is 1.20. The summed E-state index contributed by atoms with van der Waals surface area (Å²) in [6.45, 7) is 3.11. The van der Waals surface area contributed by atoms with E-state index < -0.39 is 12.0 Å². The lowest BCUT2D eigenvalue weighted by Crippen LogP contribution is -2.36. The van der Waals surface area contributed by atoms with Gasteiger partial charge in [0.2, 0.25) is 5.88 Å². The van der Waals surface area contributed by atoms with Gasteiger partial charge in [0.1, 0.15) is 18.2 Å². The van der Waals surface area contributed by atoms with Crippen LogP contribution in [0, 0.1) is 0 Å². The molecule has 1 aliphatic heterocycles. The Labute approximate surface area is 99.2 Å². The van der Waals surface area contributed by atoms with E-state index in [9.17, 15) is 4.79 Å². The molecule has 6 nitrogen and oxygen atoms in total. The van der Waals surface area contributed by atoms with Crippen LogP contribution in [0.25, 0.3) is 0 Å². The normalized spacial score (nSPS) is 19.4. The predicted molar refractivity (Wildman–Crippen MR) is 61.2 cm³/mol. The largest absolute Gasteiger partial charge is 0.480 e. The standard InChI is InChI=1S/C11H15N3O3/c1-2-17-10-6-9(12-7-13-10)14-5-3-4-8(14)11(15)16/h6-8H,2-5H2,1H3,(H,15,16)/t8-/m1/s1. The van der Waals surface area contributed by atoms with Crippen molar-refractivity contribution < 1.29 is 14.6 Å². The minimum absolute atomic E-state index is 0.480. The zero-order valence-electron chi connectivity index (χ0n) is 9.67. The molecule has 2 heterocycles. The molecule has 1 N–H and O–H groups in total. The summed E-state index contributed by atoms with van der Waals surface area (Å²) in [5, 5.41) is 9.10. The number of rotatable bonds is 4. The van der Waals surface area contributed by atoms with Gasteiger partial charge in [-0.05, 0) is 19.8 Å². The molecule has 17 heavy (non-hydrogen) atoms. The van der Waals surface area contributed by atoms with Gasteiger partial charge in [0.05, 0.1) is 6.61 Å². The molecule has 1 aromatic rings. The van der Waals surface area contributed by atoms with Crippen molar-refractivity contribution >= 4 is 11.8 Å². The number of nitrogens with zero attached hydrogens (tertiary/aromatic N) is 3. The van der Waals surface area contributed by atoms with Crippen LogP contribution in [0.5, 0.6) is 5.88 Å². The summed E-state index contributed by atoms with van der Waals surface area (Å²) < 4.78 is 5.28. The summed E-state index contributed by atoms with van der Waals surface area (Å²) in [7, 11) is 0. The molecular weight excluding hydrogens is 222 g/mol. The van der Waals surface area contributed by atoms with E-state index in [0.717, 1.165) is 6.42 Å². The van der Waals surface area contributed by atoms with Gasteiger partial charge in [-0.15, -0.1) is 0 Å². The van der Waals surface area contributed by atoms with Crippen molar-refractivity contribution in [1.82, 2.24) is 9.97 Å². The molecule has 2 rings (SSSR count). The number of anilines is 1. The summed E-state index contributed by atoms with van der Waals surface area (Å²) in [4.78, 5) is 20.9. The summed E-state index contributed by atoms with van der Waals surface area (Å²) >= 11 is 0. The number of aromatic nitrogens is 2. The average Bonchev–Trinajstić information content (AvgIpc) is 2.79. The maximum Gasteiger partial charge on any atom is 0.326 e. The monoisotopic (exact) mass is 237 g/mol. The Balaban J connectivity index is 2.21. The third kappa shape index (κ3) is 2.46. The smallest absolute Gasteiger partial charge is 0.326 e. The number of hydrogen-bond donors (Lipinski definition) is 1. The molecule has 0 amide bonds. The zero-order chi connectivity index (χ0) is 12.3. The Bertz CT molecular complexity index is 411. The predicted octanol–water partition coefficient (Wildman–Crippen LogP) is 0.929. The van der Waals surface area contributed by atoms with E-state index in [1.807, 2.05) is 6.92 Å². The Morgan fingerprint density at radius 2 is 2.47 bits per heavy atom. The number of carboxylic acids is 1. The number of aliphatic carboxylic acids is 1. The van der Waals surface area contributed by atoms with Crippen LogP contribution in [0.2, 0.25) is 0 Å². The number of carbonyl (C=O) groups is 1. The van der Waals surface area contributed by atoms with Gasteiger partial charge in [0.15, 0.2) is 0 Å². The van der Waals surface area contributed by atoms with Gasteiger partial charge in [-0.1, -0.05) is 0 Å². The molecule has 0 aliphatic carbocycles. The lowest BCUT2D eigenvalue weighted by atomic mass is 10.2. The second-order valence-electron chi connectivity index (χ2n) is 3.84. The van der Waals surface area contributed by atoms with Crippen LogP contribution in [0.1, 0.15) is 19.8 Å². The van der Waals surface area contributed by atoms with Crippen molar-refractivity contribution in [2.24, 2.45) is 0 Å². The van der Waals surface area contributed by atoms with Crippen molar-refractivity contribution in [3.8, 4) is 5.88 Å². The summed E-state index contributed by atoms with van der Waals surface area (Å²) in [5.74, 6) is 0.293. The molecule has 1 saturated heterocycles. The highest BCUT2D eigenvalue weighted by atomic mass is 16.5. The van der Waals surface area contributed by atoms with Gasteiger partial charge in [0, 0.05) is 12.6 Å². The highest BCUT2D eigenvalue weighted by Crippen LogP contribution is 2.25. The van der Waals surface area contributed by atoms with Gasteiger partial charge >= 0.3 is 5.97 Å². The van der Waals surface area contributed by atoms with E-state index in [4.69, 9.17) is 9.84 Å². The third-order valence-electron chi connectivity index (χ3n) is 2.75. The Kier molecular flexibility index (Phi) is 3.41. The maximum atomic E-state index is 11.1. The molecule has 1 aromatic heterocycles. The van der Waals surface area contributed by atoms with Gasteiger partial charge in [0.25, 0.3) is 0 Å². The molecule has 92 valence electrons. The SMILES string of the molecule is CCOc1cc(N2CCC[C@@H]2C(=O)O)ncn1. The van der Waals surface area contributed by atoms with Gasteiger partial charge < -0.3 is 14.7 Å². The quantitative estimate of drug-likeness (QED) is 0.839. The molecule has 0 unspecified atom stereocenters. The first kappa shape index (κ1) is 11.6. The van der Waals surface area contributed by atoms with Crippen molar-refractivity contribution in [3.05, 3.63) is 12.4 Å². The molecule has 0 bridgehead atoms. The molecule has 6 heteroatoms. The van der Waals surface area contributed by atoms with Crippen molar-refractivity contribution in [3.63, 3.8) is 0 Å². The molecule has 0 aromatic carbocycles. The van der Waals surface area contributed by atoms with E-state index in [0.29, 0.717) is 31.3 Å². The van der Waals surface area contributed by atoms with Gasteiger partial charge in [-0.2, -0.15) is 0 Å². The topological polar surface area (TPSA) is 75.5 Å². The fourth-order valence-corrected chi connectivity index (χ4v) is 2.01. The minimum Gasteiger partial charge on any atom is -0.480 e. The van der Waals surface area contributed by atoms with Crippen LogP contribution in [0.15, 0.2) is 12.4 Å². The van der Waals surface area contributed by atoms with Crippen molar-refractivity contribution in [2.45, 2.75) is 25.8 Å². The number of ether oxygens (including phenoxy) is 1. The first-order chi connectivity index (χ1) is 8.22. The second kappa shape index (κ2) is 4.99. The van der Waals surface area contributed by atoms with Crippen LogP contribution in [0.3, 0.4) is 0 Å². The zero-order valence-corrected chi connectivity index (χ0v) is 9.67. The second-order valence-corrected chi connectivity index (χ2v) is 3.84. The highest BCUT2D eigenvalue weighted by molar-refractivity contribution is 5.78. The Hall–Kier alpha value is -1.85. The van der Waals surface area contributed by atoms with E-state index in [1.165, 1.54) is 6.33 Å². The van der Waals surface area contributed by atoms with Gasteiger partial charge in [-0.3, -0.25) is 0 Å². The van der Waals surface area contributed by atoms with Crippen LogP contribution >= 0.6 is 0 Å². The van der Waals surface area contributed by atoms with Gasteiger partial charge in [-0.25, -0.2) is 14.8 Å². The Morgan fingerprint density at radius 3 is 3.18 bits per heavy atom. The molecular formula is C11H15N3O3. The van der Waals surface area contributed by atoms with E-state index in [2.05, 4.69) is 9.97 Å². The summed E-state index contributed by atoms with van der Waals surface area (Å²) in [5.41, 5.74) is 0. The van der Waals surface area contributed by atoms with Crippen LogP contribution in [0.4, 0.5) is 5.82 Å². The molecule has 1 fully saturated rings. The molecule has 0 spiro atoms. The first-order valence-electron chi connectivity index (χ1n) is 5.66. The lowest BCUT2D eigenvalue weighted by Gasteiger charge is -2.22. The molecule has 0 saturated carbocycles. The number of hydrogen-bond acceptors (Lipinski definition) is 5. The van der Waals surface area contributed by atoms with Crippen LogP contribution in [-0.4, -0.2) is 40.2 Å². The van der Waals surface area contributed by atoms with Crippen LogP contribution < -0.4 is 9.64 Å². The van der Waals surface area contributed by atoms with E-state index in [1.54, 1.807) is 11.0 Å². The fraction of sp³-hybridized carbons (Fsp3) is 0.545. The molecule has 1 aliphatic rings. The van der Waals surface area contributed by atoms with Crippen molar-refractivity contribution in [1.29, 1.82) is 0 Å². The minimum atomic E-state index is -0.806. The third-order valence-corrected chi connectivity index (χ3v) is 2.75. The molecule has 1 atom stereocenters. The fourth-order valence-electron chi connectivity index (χ4n) is 2.01. The van der Waals surface area contributed by atoms with E-state index >= 15 is 0 Å². The lowest BCUT2D eigenvalue weighted by molar-refractivity contribution is -0.138. The van der Waals surface area contributed by atoms with E-state index in [-0.39, 0.29) is 0 Å².